The summed E-state index contributed by atoms with van der Waals surface area (Å²) in [6.07, 6.45) is 0.273. The number of aryl methyl sites for hydroxylation is 1. The minimum absolute atomic E-state index is 0.157. The van der Waals surface area contributed by atoms with Crippen LogP contribution in [-0.2, 0) is 17.8 Å². The second-order valence-corrected chi connectivity index (χ2v) is 5.96. The van der Waals surface area contributed by atoms with Crippen molar-refractivity contribution in [3.8, 4) is 0 Å². The van der Waals surface area contributed by atoms with Gasteiger partial charge in [-0.25, -0.2) is 4.39 Å². The molecule has 1 amide bonds. The predicted octanol–water partition coefficient (Wildman–Crippen LogP) is 3.72. The van der Waals surface area contributed by atoms with E-state index >= 15 is 0 Å². The Morgan fingerprint density at radius 3 is 2.35 bits per heavy atom. The number of nitrogens with one attached hydrogen (secondary N) is 2. The number of hydrogen-bond donors (Lipinski definition) is 2. The molecule has 0 spiro atoms. The van der Waals surface area contributed by atoms with Crippen molar-refractivity contribution in [2.45, 2.75) is 19.9 Å². The van der Waals surface area contributed by atoms with Crippen molar-refractivity contribution in [1.29, 1.82) is 0 Å². The molecule has 0 aliphatic carbocycles. The summed E-state index contributed by atoms with van der Waals surface area (Å²) in [5, 5.41) is 13.7. The van der Waals surface area contributed by atoms with Crippen LogP contribution in [0.25, 0.3) is 0 Å². The molecule has 6 heteroatoms. The standard InChI is InChI=1S/C20H19FN4O/c1-14-6-8-15(9-7-14)12-20(26)23-19-11-10-18(24-25-19)22-13-16-4-2-3-5-17(16)21/h2-11H,12-13H2,1H3,(H,22,24)(H,23,25,26). The summed E-state index contributed by atoms with van der Waals surface area (Å²) in [4.78, 5) is 12.1. The molecule has 0 aliphatic rings. The lowest BCUT2D eigenvalue weighted by Crippen LogP contribution is -2.16. The van der Waals surface area contributed by atoms with Crippen LogP contribution in [0.4, 0.5) is 16.0 Å². The van der Waals surface area contributed by atoms with Gasteiger partial charge in [-0.3, -0.25) is 4.79 Å². The van der Waals surface area contributed by atoms with E-state index in [0.29, 0.717) is 23.7 Å². The van der Waals surface area contributed by atoms with Gasteiger partial charge in [0.05, 0.1) is 6.42 Å². The molecule has 0 unspecified atom stereocenters. The first-order chi connectivity index (χ1) is 12.6. The molecular weight excluding hydrogens is 331 g/mol. The van der Waals surface area contributed by atoms with E-state index < -0.39 is 0 Å². The van der Waals surface area contributed by atoms with Crippen molar-refractivity contribution in [2.75, 3.05) is 10.6 Å². The van der Waals surface area contributed by atoms with Crippen molar-refractivity contribution in [1.82, 2.24) is 10.2 Å². The van der Waals surface area contributed by atoms with Gasteiger partial charge in [0, 0.05) is 12.1 Å². The zero-order chi connectivity index (χ0) is 18.4. The smallest absolute Gasteiger partial charge is 0.229 e. The summed E-state index contributed by atoms with van der Waals surface area (Å²) in [5.41, 5.74) is 2.63. The van der Waals surface area contributed by atoms with E-state index in [1.165, 1.54) is 6.07 Å². The molecule has 2 N–H and O–H groups in total. The number of halogens is 1. The maximum atomic E-state index is 13.6. The third-order valence-corrected chi connectivity index (χ3v) is 3.84. The second-order valence-electron chi connectivity index (χ2n) is 5.96. The highest BCUT2D eigenvalue weighted by atomic mass is 19.1. The fraction of sp³-hybridized carbons (Fsp3) is 0.150. The van der Waals surface area contributed by atoms with E-state index in [-0.39, 0.29) is 18.1 Å². The molecule has 1 heterocycles. The van der Waals surface area contributed by atoms with Gasteiger partial charge in [-0.05, 0) is 30.7 Å². The van der Waals surface area contributed by atoms with Crippen LogP contribution in [0.5, 0.6) is 0 Å². The molecule has 0 fully saturated rings. The predicted molar refractivity (Wildman–Crippen MR) is 99.3 cm³/mol. The molecule has 0 atom stereocenters. The lowest BCUT2D eigenvalue weighted by Gasteiger charge is -2.07. The third kappa shape index (κ3) is 4.86. The largest absolute Gasteiger partial charge is 0.364 e. The zero-order valence-electron chi connectivity index (χ0n) is 14.4. The molecule has 0 aliphatic heterocycles. The first kappa shape index (κ1) is 17.5. The number of nitrogens with zero attached hydrogens (tertiary/aromatic N) is 2. The Morgan fingerprint density at radius 1 is 0.962 bits per heavy atom. The lowest BCUT2D eigenvalue weighted by atomic mass is 10.1. The van der Waals surface area contributed by atoms with Gasteiger partial charge in [-0.1, -0.05) is 48.0 Å². The average molecular weight is 350 g/mol. The molecule has 26 heavy (non-hydrogen) atoms. The zero-order valence-corrected chi connectivity index (χ0v) is 14.4. The van der Waals surface area contributed by atoms with Gasteiger partial charge in [0.15, 0.2) is 5.82 Å². The first-order valence-electron chi connectivity index (χ1n) is 8.26. The van der Waals surface area contributed by atoms with Crippen LogP contribution in [0.2, 0.25) is 0 Å². The second kappa shape index (κ2) is 8.20. The van der Waals surface area contributed by atoms with Gasteiger partial charge in [0.25, 0.3) is 0 Å². The van der Waals surface area contributed by atoms with Gasteiger partial charge >= 0.3 is 0 Å². The summed E-state index contributed by atoms with van der Waals surface area (Å²) in [5.74, 6) is 0.450. The Labute approximate surface area is 151 Å². The van der Waals surface area contributed by atoms with Crippen LogP contribution in [0.3, 0.4) is 0 Å². The molecule has 0 bridgehead atoms. The average Bonchev–Trinajstić information content (AvgIpc) is 2.64. The highest BCUT2D eigenvalue weighted by Crippen LogP contribution is 2.11. The normalized spacial score (nSPS) is 10.4. The Bertz CT molecular complexity index is 879. The van der Waals surface area contributed by atoms with Gasteiger partial charge in [-0.2, -0.15) is 0 Å². The van der Waals surface area contributed by atoms with Crippen molar-refractivity contribution in [2.24, 2.45) is 0 Å². The van der Waals surface area contributed by atoms with Crippen molar-refractivity contribution in [3.63, 3.8) is 0 Å². The fourth-order valence-electron chi connectivity index (χ4n) is 2.40. The highest BCUT2D eigenvalue weighted by Gasteiger charge is 2.06. The SMILES string of the molecule is Cc1ccc(CC(=O)Nc2ccc(NCc3ccccc3F)nn2)cc1. The minimum atomic E-state index is -0.270. The van der Waals surface area contributed by atoms with Crippen LogP contribution in [-0.4, -0.2) is 16.1 Å². The van der Waals surface area contributed by atoms with Crippen LogP contribution < -0.4 is 10.6 Å². The maximum Gasteiger partial charge on any atom is 0.229 e. The number of carbonyl (C=O) groups is 1. The van der Waals surface area contributed by atoms with Crippen LogP contribution in [0.15, 0.2) is 60.7 Å². The van der Waals surface area contributed by atoms with E-state index in [1.807, 2.05) is 31.2 Å². The number of hydrogen-bond acceptors (Lipinski definition) is 4. The van der Waals surface area contributed by atoms with Crippen molar-refractivity contribution < 1.29 is 9.18 Å². The number of anilines is 2. The Kier molecular flexibility index (Phi) is 5.53. The molecule has 2 aromatic carbocycles. The van der Waals surface area contributed by atoms with E-state index in [4.69, 9.17) is 0 Å². The number of rotatable bonds is 6. The lowest BCUT2D eigenvalue weighted by molar-refractivity contribution is -0.115. The Balaban J connectivity index is 1.53. The molecular formula is C20H19FN4O. The number of carbonyl (C=O) groups excluding carboxylic acids is 1. The Morgan fingerprint density at radius 2 is 1.65 bits per heavy atom. The van der Waals surface area contributed by atoms with Gasteiger partial charge < -0.3 is 10.6 Å². The molecule has 0 saturated carbocycles. The van der Waals surface area contributed by atoms with Crippen LogP contribution in [0, 0.1) is 12.7 Å². The molecule has 0 saturated heterocycles. The molecule has 5 nitrogen and oxygen atoms in total. The monoisotopic (exact) mass is 350 g/mol. The molecule has 3 rings (SSSR count). The van der Waals surface area contributed by atoms with E-state index in [2.05, 4.69) is 20.8 Å². The van der Waals surface area contributed by atoms with Crippen LogP contribution in [0.1, 0.15) is 16.7 Å². The van der Waals surface area contributed by atoms with Crippen LogP contribution >= 0.6 is 0 Å². The minimum Gasteiger partial charge on any atom is -0.364 e. The summed E-state index contributed by atoms with van der Waals surface area (Å²) in [7, 11) is 0. The van der Waals surface area contributed by atoms with Gasteiger partial charge in [0.2, 0.25) is 5.91 Å². The van der Waals surface area contributed by atoms with Crippen molar-refractivity contribution in [3.05, 3.63) is 83.2 Å². The molecule has 3 aromatic rings. The molecule has 1 aromatic heterocycles. The summed E-state index contributed by atoms with van der Waals surface area (Å²) < 4.78 is 13.6. The molecule has 132 valence electrons. The van der Waals surface area contributed by atoms with E-state index in [0.717, 1.165) is 11.1 Å². The fourth-order valence-corrected chi connectivity index (χ4v) is 2.40. The first-order valence-corrected chi connectivity index (χ1v) is 8.26. The summed E-state index contributed by atoms with van der Waals surface area (Å²) in [6, 6.07) is 17.7. The Hall–Kier alpha value is -3.28. The summed E-state index contributed by atoms with van der Waals surface area (Å²) >= 11 is 0. The number of benzene rings is 2. The van der Waals surface area contributed by atoms with E-state index in [9.17, 15) is 9.18 Å². The topological polar surface area (TPSA) is 66.9 Å². The van der Waals surface area contributed by atoms with Gasteiger partial charge in [-0.15, -0.1) is 10.2 Å². The summed E-state index contributed by atoms with van der Waals surface area (Å²) in [6.45, 7) is 2.31. The van der Waals surface area contributed by atoms with Crippen molar-refractivity contribution >= 4 is 17.5 Å². The quantitative estimate of drug-likeness (QED) is 0.711. The van der Waals surface area contributed by atoms with E-state index in [1.54, 1.807) is 30.3 Å². The maximum absolute atomic E-state index is 13.6. The third-order valence-electron chi connectivity index (χ3n) is 3.84. The number of amides is 1. The molecule has 0 radical (unpaired) electrons. The number of aromatic nitrogens is 2. The van der Waals surface area contributed by atoms with Gasteiger partial charge in [0.1, 0.15) is 11.6 Å². The highest BCUT2D eigenvalue weighted by molar-refractivity contribution is 5.91.